The average Bonchev–Trinajstić information content (AvgIpc) is 3.21. The number of hydrogen-bond donors (Lipinski definition) is 2. The van der Waals surface area contributed by atoms with Crippen LogP contribution in [0.5, 0.6) is 11.5 Å². The number of fused-ring (bicyclic) bond motifs is 1. The SMILES string of the molecule is CCSc1nc(NCCOC)c2cnn(CCNC(=O)COc3ccccc3OC)c2n1. The maximum atomic E-state index is 12.2. The molecule has 0 aliphatic rings. The Kier molecular flexibility index (Phi) is 8.93. The Morgan fingerprint density at radius 2 is 1.97 bits per heavy atom. The van der Waals surface area contributed by atoms with Crippen LogP contribution < -0.4 is 20.1 Å². The Labute approximate surface area is 191 Å². The number of rotatable bonds is 13. The van der Waals surface area contributed by atoms with E-state index >= 15 is 0 Å². The van der Waals surface area contributed by atoms with E-state index < -0.39 is 0 Å². The monoisotopic (exact) mass is 460 g/mol. The first-order chi connectivity index (χ1) is 15.7. The second kappa shape index (κ2) is 12.1. The van der Waals surface area contributed by atoms with Crippen molar-refractivity contribution < 1.29 is 19.0 Å². The number of nitrogens with one attached hydrogen (secondary N) is 2. The molecule has 32 heavy (non-hydrogen) atoms. The van der Waals surface area contributed by atoms with Crippen LogP contribution in [0.4, 0.5) is 5.82 Å². The predicted octanol–water partition coefficient (Wildman–Crippen LogP) is 2.20. The number of hydrogen-bond acceptors (Lipinski definition) is 9. The van der Waals surface area contributed by atoms with Gasteiger partial charge in [-0.25, -0.2) is 14.6 Å². The molecule has 0 saturated carbocycles. The molecule has 0 bridgehead atoms. The number of amides is 1. The Hall–Kier alpha value is -3.05. The number of para-hydroxylation sites is 2. The highest BCUT2D eigenvalue weighted by Gasteiger charge is 2.13. The molecular formula is C21H28N6O4S. The molecule has 0 spiro atoms. The van der Waals surface area contributed by atoms with Crippen molar-refractivity contribution in [3.05, 3.63) is 30.5 Å². The lowest BCUT2D eigenvalue weighted by Gasteiger charge is -2.11. The lowest BCUT2D eigenvalue weighted by atomic mass is 10.3. The zero-order valence-electron chi connectivity index (χ0n) is 18.5. The van der Waals surface area contributed by atoms with E-state index in [9.17, 15) is 4.79 Å². The number of thioether (sulfide) groups is 1. The molecule has 0 radical (unpaired) electrons. The molecule has 1 amide bonds. The minimum absolute atomic E-state index is 0.104. The van der Waals surface area contributed by atoms with Crippen molar-refractivity contribution in [3.63, 3.8) is 0 Å². The summed E-state index contributed by atoms with van der Waals surface area (Å²) in [7, 11) is 3.21. The molecule has 10 nitrogen and oxygen atoms in total. The van der Waals surface area contributed by atoms with Gasteiger partial charge in [0.05, 0.1) is 31.8 Å². The molecule has 2 aromatic heterocycles. The molecule has 0 fully saturated rings. The fraction of sp³-hybridized carbons (Fsp3) is 0.429. The first kappa shape index (κ1) is 23.6. The highest BCUT2D eigenvalue weighted by atomic mass is 32.2. The molecule has 3 aromatic rings. The van der Waals surface area contributed by atoms with Gasteiger partial charge in [-0.3, -0.25) is 4.79 Å². The van der Waals surface area contributed by atoms with Crippen LogP contribution in [0.2, 0.25) is 0 Å². The van der Waals surface area contributed by atoms with E-state index in [1.807, 2.05) is 12.1 Å². The quantitative estimate of drug-likeness (QED) is 0.225. The van der Waals surface area contributed by atoms with Crippen LogP contribution in [0, 0.1) is 0 Å². The third kappa shape index (κ3) is 6.24. The lowest BCUT2D eigenvalue weighted by molar-refractivity contribution is -0.123. The summed E-state index contributed by atoms with van der Waals surface area (Å²) in [6.45, 7) is 4.00. The van der Waals surface area contributed by atoms with E-state index in [2.05, 4.69) is 32.6 Å². The molecule has 172 valence electrons. The van der Waals surface area contributed by atoms with E-state index in [0.717, 1.165) is 22.6 Å². The Balaban J connectivity index is 1.60. The summed E-state index contributed by atoms with van der Waals surface area (Å²) in [4.78, 5) is 21.4. The van der Waals surface area contributed by atoms with Crippen molar-refractivity contribution in [3.8, 4) is 11.5 Å². The van der Waals surface area contributed by atoms with Crippen molar-refractivity contribution in [1.82, 2.24) is 25.1 Å². The molecule has 11 heteroatoms. The fourth-order valence-electron chi connectivity index (χ4n) is 2.93. The van der Waals surface area contributed by atoms with Gasteiger partial charge in [-0.1, -0.05) is 30.8 Å². The summed E-state index contributed by atoms with van der Waals surface area (Å²) < 4.78 is 17.6. The lowest BCUT2D eigenvalue weighted by Crippen LogP contribution is -2.31. The molecule has 2 N–H and O–H groups in total. The summed E-state index contributed by atoms with van der Waals surface area (Å²) in [5.74, 6) is 2.46. The summed E-state index contributed by atoms with van der Waals surface area (Å²) in [6, 6.07) is 7.20. The van der Waals surface area contributed by atoms with Crippen LogP contribution in [0.3, 0.4) is 0 Å². The molecule has 0 unspecified atom stereocenters. The second-order valence-corrected chi connectivity index (χ2v) is 7.83. The van der Waals surface area contributed by atoms with Crippen LogP contribution in [0.1, 0.15) is 6.92 Å². The van der Waals surface area contributed by atoms with Crippen LogP contribution in [-0.2, 0) is 16.1 Å². The van der Waals surface area contributed by atoms with Gasteiger partial charge in [0.1, 0.15) is 5.82 Å². The second-order valence-electron chi connectivity index (χ2n) is 6.60. The van der Waals surface area contributed by atoms with Crippen molar-refractivity contribution >= 4 is 34.5 Å². The smallest absolute Gasteiger partial charge is 0.258 e. The predicted molar refractivity (Wildman–Crippen MR) is 124 cm³/mol. The summed E-state index contributed by atoms with van der Waals surface area (Å²) in [6.07, 6.45) is 1.73. The number of methoxy groups -OCH3 is 2. The van der Waals surface area contributed by atoms with Gasteiger partial charge in [-0.05, 0) is 17.9 Å². The molecule has 2 heterocycles. The first-order valence-electron chi connectivity index (χ1n) is 10.3. The van der Waals surface area contributed by atoms with Crippen molar-refractivity contribution in [2.24, 2.45) is 0 Å². The van der Waals surface area contributed by atoms with Crippen molar-refractivity contribution in [2.45, 2.75) is 18.6 Å². The molecular weight excluding hydrogens is 432 g/mol. The Morgan fingerprint density at radius 1 is 1.16 bits per heavy atom. The number of benzene rings is 1. The average molecular weight is 461 g/mol. The molecule has 1 aromatic carbocycles. The molecule has 0 atom stereocenters. The minimum Gasteiger partial charge on any atom is -0.493 e. The number of carbonyl (C=O) groups is 1. The van der Waals surface area contributed by atoms with E-state index in [1.165, 1.54) is 0 Å². The topological polar surface area (TPSA) is 112 Å². The summed E-state index contributed by atoms with van der Waals surface area (Å²) >= 11 is 1.56. The van der Waals surface area contributed by atoms with E-state index in [1.54, 1.807) is 49.0 Å². The summed E-state index contributed by atoms with van der Waals surface area (Å²) in [5, 5.41) is 12.1. The first-order valence-corrected chi connectivity index (χ1v) is 11.3. The van der Waals surface area contributed by atoms with E-state index in [0.29, 0.717) is 42.9 Å². The number of carbonyl (C=O) groups excluding carboxylic acids is 1. The van der Waals surface area contributed by atoms with Crippen LogP contribution in [-0.4, -0.2) is 71.9 Å². The molecule has 0 aliphatic heterocycles. The zero-order valence-corrected chi connectivity index (χ0v) is 19.3. The third-order valence-corrected chi connectivity index (χ3v) is 5.15. The van der Waals surface area contributed by atoms with E-state index in [4.69, 9.17) is 14.2 Å². The van der Waals surface area contributed by atoms with Gasteiger partial charge < -0.3 is 24.8 Å². The zero-order chi connectivity index (χ0) is 22.8. The Bertz CT molecular complexity index is 1030. The number of aromatic nitrogens is 4. The maximum absolute atomic E-state index is 12.2. The molecule has 0 aliphatic carbocycles. The minimum atomic E-state index is -0.230. The highest BCUT2D eigenvalue weighted by Crippen LogP contribution is 2.26. The van der Waals surface area contributed by atoms with E-state index in [-0.39, 0.29) is 12.5 Å². The standard InChI is InChI=1S/C21H28N6O4S/c1-4-32-21-25-19(23-10-12-29-2)15-13-24-27(20(15)26-21)11-9-22-18(28)14-31-17-8-6-5-7-16(17)30-3/h5-8,13H,4,9-12,14H2,1-3H3,(H,22,28)(H,23,25,26). The van der Waals surface area contributed by atoms with Gasteiger partial charge in [-0.15, -0.1) is 0 Å². The highest BCUT2D eigenvalue weighted by molar-refractivity contribution is 7.99. The maximum Gasteiger partial charge on any atom is 0.258 e. The van der Waals surface area contributed by atoms with Crippen molar-refractivity contribution in [2.75, 3.05) is 51.6 Å². The number of ether oxygens (including phenoxy) is 3. The van der Waals surface area contributed by atoms with Gasteiger partial charge in [-0.2, -0.15) is 5.10 Å². The fourth-order valence-corrected chi connectivity index (χ4v) is 3.50. The normalized spacial score (nSPS) is 10.8. The van der Waals surface area contributed by atoms with Gasteiger partial charge in [0, 0.05) is 20.2 Å². The van der Waals surface area contributed by atoms with Crippen molar-refractivity contribution in [1.29, 1.82) is 0 Å². The number of anilines is 1. The third-order valence-electron chi connectivity index (χ3n) is 4.42. The van der Waals surface area contributed by atoms with Crippen LogP contribution in [0.15, 0.2) is 35.6 Å². The largest absolute Gasteiger partial charge is 0.493 e. The van der Waals surface area contributed by atoms with Gasteiger partial charge >= 0.3 is 0 Å². The van der Waals surface area contributed by atoms with Gasteiger partial charge in [0.2, 0.25) is 0 Å². The molecule has 0 saturated heterocycles. The van der Waals surface area contributed by atoms with Crippen LogP contribution in [0.25, 0.3) is 11.0 Å². The van der Waals surface area contributed by atoms with Gasteiger partial charge in [0.25, 0.3) is 5.91 Å². The number of nitrogens with zero attached hydrogens (tertiary/aromatic N) is 4. The Morgan fingerprint density at radius 3 is 2.72 bits per heavy atom. The summed E-state index contributed by atoms with van der Waals surface area (Å²) in [5.41, 5.74) is 0.718. The van der Waals surface area contributed by atoms with Crippen LogP contribution >= 0.6 is 11.8 Å². The van der Waals surface area contributed by atoms with Gasteiger partial charge in [0.15, 0.2) is 28.9 Å². The molecule has 3 rings (SSSR count).